The van der Waals surface area contributed by atoms with Crippen molar-refractivity contribution in [3.05, 3.63) is 12.4 Å². The minimum Gasteiger partial charge on any atom is -0.480 e. The molecule has 1 aliphatic rings. The first-order valence-electron chi connectivity index (χ1n) is 7.13. The first-order chi connectivity index (χ1) is 10.6. The van der Waals surface area contributed by atoms with Crippen LogP contribution in [-0.4, -0.2) is 59.5 Å². The number of piperidine rings is 1. The molecular formula is C14H20N4O4. The predicted octanol–water partition coefficient (Wildman–Crippen LogP) is -0.00890. The van der Waals surface area contributed by atoms with Crippen LogP contribution < -0.4 is 14.8 Å². The summed E-state index contributed by atoms with van der Waals surface area (Å²) < 4.78 is 10.8. The number of methoxy groups -OCH3 is 1. The van der Waals surface area contributed by atoms with E-state index in [0.717, 1.165) is 12.8 Å². The van der Waals surface area contributed by atoms with Crippen LogP contribution in [0.2, 0.25) is 0 Å². The quantitative estimate of drug-likeness (QED) is 0.822. The van der Waals surface area contributed by atoms with Gasteiger partial charge < -0.3 is 19.7 Å². The Kier molecular flexibility index (Phi) is 5.51. The molecule has 8 nitrogen and oxygen atoms in total. The summed E-state index contributed by atoms with van der Waals surface area (Å²) in [6, 6.07) is 0. The Morgan fingerprint density at radius 1 is 1.41 bits per heavy atom. The maximum Gasteiger partial charge on any atom is 0.242 e. The van der Waals surface area contributed by atoms with Crippen LogP contribution in [-0.2, 0) is 9.59 Å². The van der Waals surface area contributed by atoms with Crippen LogP contribution in [0, 0.1) is 0 Å². The highest BCUT2D eigenvalue weighted by molar-refractivity contribution is 5.83. The third-order valence-corrected chi connectivity index (χ3v) is 3.31. The Morgan fingerprint density at radius 3 is 2.91 bits per heavy atom. The normalized spacial score (nSPS) is 17.7. The number of amides is 2. The second-order valence-electron chi connectivity index (χ2n) is 5.03. The van der Waals surface area contributed by atoms with Crippen LogP contribution in [0.25, 0.3) is 0 Å². The Hall–Kier alpha value is -2.38. The predicted molar refractivity (Wildman–Crippen MR) is 77.5 cm³/mol. The summed E-state index contributed by atoms with van der Waals surface area (Å²) >= 11 is 0. The second kappa shape index (κ2) is 7.58. The van der Waals surface area contributed by atoms with Gasteiger partial charge in [0.25, 0.3) is 0 Å². The van der Waals surface area contributed by atoms with E-state index in [9.17, 15) is 9.59 Å². The third kappa shape index (κ3) is 4.57. The van der Waals surface area contributed by atoms with Crippen molar-refractivity contribution < 1.29 is 19.1 Å². The number of hydrogen-bond donors (Lipinski definition) is 1. The molecule has 1 atom stereocenters. The Labute approximate surface area is 128 Å². The number of nitrogens with one attached hydrogen (secondary N) is 1. The van der Waals surface area contributed by atoms with E-state index in [1.807, 2.05) is 0 Å². The van der Waals surface area contributed by atoms with Crippen LogP contribution in [0.4, 0.5) is 0 Å². The fourth-order valence-corrected chi connectivity index (χ4v) is 2.23. The number of carbonyl (C=O) groups excluding carboxylic acids is 2. The number of ether oxygens (including phenoxy) is 2. The SMILES string of the molecule is COc1cncc(O[C@H]2CCCN(C(=O)CNC(C)=O)C2)n1. The van der Waals surface area contributed by atoms with Gasteiger partial charge in [-0.15, -0.1) is 0 Å². The summed E-state index contributed by atoms with van der Waals surface area (Å²) in [6.45, 7) is 2.54. The van der Waals surface area contributed by atoms with Gasteiger partial charge in [-0.25, -0.2) is 0 Å². The first-order valence-corrected chi connectivity index (χ1v) is 7.13. The standard InChI is InChI=1S/C14H20N4O4/c1-10(19)16-8-14(20)18-5-3-4-11(9-18)22-13-7-15-6-12(17-13)21-2/h6-7,11H,3-5,8-9H2,1-2H3,(H,16,19)/t11-/m0/s1. The van der Waals surface area contributed by atoms with Crippen LogP contribution >= 0.6 is 0 Å². The van der Waals surface area contributed by atoms with Gasteiger partial charge in [0.15, 0.2) is 0 Å². The largest absolute Gasteiger partial charge is 0.480 e. The van der Waals surface area contributed by atoms with Crippen LogP contribution in [0.1, 0.15) is 19.8 Å². The van der Waals surface area contributed by atoms with E-state index in [4.69, 9.17) is 9.47 Å². The molecule has 1 saturated heterocycles. The van der Waals surface area contributed by atoms with Gasteiger partial charge in [0.05, 0.1) is 32.6 Å². The fourth-order valence-electron chi connectivity index (χ4n) is 2.23. The lowest BCUT2D eigenvalue weighted by Gasteiger charge is -2.32. The molecule has 0 radical (unpaired) electrons. The molecule has 0 aromatic carbocycles. The van der Waals surface area contributed by atoms with Crippen molar-refractivity contribution >= 4 is 11.8 Å². The van der Waals surface area contributed by atoms with Gasteiger partial charge >= 0.3 is 0 Å². The molecule has 2 rings (SSSR count). The van der Waals surface area contributed by atoms with Crippen LogP contribution in [0.3, 0.4) is 0 Å². The molecule has 2 amide bonds. The molecule has 2 heterocycles. The third-order valence-electron chi connectivity index (χ3n) is 3.31. The number of likely N-dealkylation sites (tertiary alicyclic amines) is 1. The van der Waals surface area contributed by atoms with E-state index in [1.165, 1.54) is 26.4 Å². The molecule has 1 aliphatic heterocycles. The molecule has 22 heavy (non-hydrogen) atoms. The smallest absolute Gasteiger partial charge is 0.242 e. The van der Waals surface area contributed by atoms with E-state index >= 15 is 0 Å². The molecule has 1 N–H and O–H groups in total. The van der Waals surface area contributed by atoms with E-state index in [-0.39, 0.29) is 24.5 Å². The second-order valence-corrected chi connectivity index (χ2v) is 5.03. The van der Waals surface area contributed by atoms with E-state index < -0.39 is 0 Å². The zero-order valence-electron chi connectivity index (χ0n) is 12.7. The molecule has 0 aliphatic carbocycles. The van der Waals surface area contributed by atoms with Crippen molar-refractivity contribution in [1.29, 1.82) is 0 Å². The molecule has 1 aromatic rings. The summed E-state index contributed by atoms with van der Waals surface area (Å²) in [4.78, 5) is 32.7. The maximum atomic E-state index is 12.0. The lowest BCUT2D eigenvalue weighted by molar-refractivity contribution is -0.134. The Balaban J connectivity index is 1.89. The molecular weight excluding hydrogens is 288 g/mol. The lowest BCUT2D eigenvalue weighted by Crippen LogP contribution is -2.47. The zero-order chi connectivity index (χ0) is 15.9. The zero-order valence-corrected chi connectivity index (χ0v) is 12.7. The molecule has 0 bridgehead atoms. The molecule has 1 fully saturated rings. The molecule has 0 saturated carbocycles. The van der Waals surface area contributed by atoms with Gasteiger partial charge in [0.2, 0.25) is 23.6 Å². The van der Waals surface area contributed by atoms with Crippen molar-refractivity contribution in [2.24, 2.45) is 0 Å². The van der Waals surface area contributed by atoms with Crippen molar-refractivity contribution in [3.63, 3.8) is 0 Å². The summed E-state index contributed by atoms with van der Waals surface area (Å²) in [5, 5.41) is 2.51. The summed E-state index contributed by atoms with van der Waals surface area (Å²) in [5.74, 6) is 0.428. The van der Waals surface area contributed by atoms with Crippen molar-refractivity contribution in [2.45, 2.75) is 25.9 Å². The number of aromatic nitrogens is 2. The van der Waals surface area contributed by atoms with Crippen LogP contribution in [0.5, 0.6) is 11.8 Å². The van der Waals surface area contributed by atoms with E-state index in [2.05, 4.69) is 15.3 Å². The minimum atomic E-state index is -0.218. The van der Waals surface area contributed by atoms with Crippen molar-refractivity contribution in [2.75, 3.05) is 26.7 Å². The number of nitrogens with zero attached hydrogens (tertiary/aromatic N) is 3. The highest BCUT2D eigenvalue weighted by atomic mass is 16.5. The van der Waals surface area contributed by atoms with E-state index in [0.29, 0.717) is 24.8 Å². The lowest BCUT2D eigenvalue weighted by atomic mass is 10.1. The highest BCUT2D eigenvalue weighted by Crippen LogP contribution is 2.18. The van der Waals surface area contributed by atoms with Gasteiger partial charge in [-0.05, 0) is 12.8 Å². The van der Waals surface area contributed by atoms with Crippen molar-refractivity contribution in [3.8, 4) is 11.8 Å². The fraction of sp³-hybridized carbons (Fsp3) is 0.571. The molecule has 0 spiro atoms. The van der Waals surface area contributed by atoms with Crippen LogP contribution in [0.15, 0.2) is 12.4 Å². The van der Waals surface area contributed by atoms with Gasteiger partial charge in [0.1, 0.15) is 6.10 Å². The van der Waals surface area contributed by atoms with Gasteiger partial charge in [-0.2, -0.15) is 4.98 Å². The van der Waals surface area contributed by atoms with Crippen molar-refractivity contribution in [1.82, 2.24) is 20.2 Å². The number of carbonyl (C=O) groups is 2. The van der Waals surface area contributed by atoms with Gasteiger partial charge in [-0.3, -0.25) is 14.6 Å². The van der Waals surface area contributed by atoms with Gasteiger partial charge in [-0.1, -0.05) is 0 Å². The molecule has 0 unspecified atom stereocenters. The summed E-state index contributed by atoms with van der Waals surface area (Å²) in [5.41, 5.74) is 0. The maximum absolute atomic E-state index is 12.0. The summed E-state index contributed by atoms with van der Waals surface area (Å²) in [7, 11) is 1.51. The Morgan fingerprint density at radius 2 is 2.18 bits per heavy atom. The first kappa shape index (κ1) is 16.0. The van der Waals surface area contributed by atoms with Gasteiger partial charge in [0, 0.05) is 13.5 Å². The minimum absolute atomic E-state index is 0.0149. The molecule has 8 heteroatoms. The summed E-state index contributed by atoms with van der Waals surface area (Å²) in [6.07, 6.45) is 4.55. The average Bonchev–Trinajstić information content (AvgIpc) is 2.53. The topological polar surface area (TPSA) is 93.7 Å². The molecule has 1 aromatic heterocycles. The average molecular weight is 308 g/mol. The monoisotopic (exact) mass is 308 g/mol. The number of rotatable bonds is 5. The molecule has 120 valence electrons. The number of hydrogen-bond acceptors (Lipinski definition) is 6. The highest BCUT2D eigenvalue weighted by Gasteiger charge is 2.25. The van der Waals surface area contributed by atoms with E-state index in [1.54, 1.807) is 4.90 Å². The Bertz CT molecular complexity index is 537.